The number of hydrogen-bond donors (Lipinski definition) is 2. The largest absolute Gasteiger partial charge is 0.325 e. The van der Waals surface area contributed by atoms with E-state index in [0.29, 0.717) is 12.1 Å². The van der Waals surface area contributed by atoms with Crippen molar-refractivity contribution in [2.24, 2.45) is 5.92 Å². The molecule has 0 aromatic heterocycles. The highest BCUT2D eigenvalue weighted by Crippen LogP contribution is 2.38. The van der Waals surface area contributed by atoms with E-state index >= 15 is 0 Å². The lowest BCUT2D eigenvalue weighted by Gasteiger charge is -2.36. The van der Waals surface area contributed by atoms with Crippen LogP contribution in [0.5, 0.6) is 0 Å². The van der Waals surface area contributed by atoms with Crippen LogP contribution >= 0.6 is 0 Å². The number of anilines is 1. The molecule has 8 nitrogen and oxygen atoms in total. The van der Waals surface area contributed by atoms with E-state index in [1.807, 2.05) is 25.1 Å². The third kappa shape index (κ3) is 4.60. The lowest BCUT2D eigenvalue weighted by Crippen LogP contribution is -2.54. The van der Waals surface area contributed by atoms with Crippen LogP contribution in [0.2, 0.25) is 0 Å². The van der Waals surface area contributed by atoms with E-state index in [4.69, 9.17) is 0 Å². The van der Waals surface area contributed by atoms with E-state index in [1.54, 1.807) is 0 Å². The summed E-state index contributed by atoms with van der Waals surface area (Å²) < 4.78 is 0. The number of imide groups is 1. The van der Waals surface area contributed by atoms with Crippen molar-refractivity contribution in [1.29, 1.82) is 0 Å². The van der Waals surface area contributed by atoms with Crippen LogP contribution in [0.25, 0.3) is 0 Å². The van der Waals surface area contributed by atoms with Crippen molar-refractivity contribution in [1.82, 2.24) is 20.0 Å². The molecule has 0 bridgehead atoms. The first kappa shape index (κ1) is 21.8. The lowest BCUT2D eigenvalue weighted by atomic mass is 9.73. The molecule has 1 aliphatic carbocycles. The van der Waals surface area contributed by atoms with Gasteiger partial charge in [0.25, 0.3) is 5.91 Å². The first-order valence-electron chi connectivity index (χ1n) is 11.3. The van der Waals surface area contributed by atoms with Gasteiger partial charge in [0, 0.05) is 38.4 Å². The van der Waals surface area contributed by atoms with Crippen LogP contribution in [-0.4, -0.2) is 77.9 Å². The molecule has 31 heavy (non-hydrogen) atoms. The summed E-state index contributed by atoms with van der Waals surface area (Å²) in [5, 5.41) is 5.75. The molecule has 3 aliphatic rings. The van der Waals surface area contributed by atoms with Gasteiger partial charge in [-0.25, -0.2) is 4.79 Å². The van der Waals surface area contributed by atoms with Crippen LogP contribution in [0, 0.1) is 5.92 Å². The second-order valence-electron chi connectivity index (χ2n) is 9.27. The number of carbonyl (C=O) groups is 3. The Kier molecular flexibility index (Phi) is 6.29. The minimum absolute atomic E-state index is 0.0806. The molecule has 0 radical (unpaired) electrons. The van der Waals surface area contributed by atoms with Gasteiger partial charge in [0.15, 0.2) is 0 Å². The molecule has 2 N–H and O–H groups in total. The molecule has 168 valence electrons. The molecule has 8 heteroatoms. The third-order valence-electron chi connectivity index (χ3n) is 7.02. The second kappa shape index (κ2) is 8.96. The molecule has 2 aliphatic heterocycles. The SMILES string of the molecule is CC1CCCCC12NC(=O)N(CC(=O)Nc1cccc(CN3CCN(C)CC3)c1)C2=O. The van der Waals surface area contributed by atoms with Crippen LogP contribution in [0.1, 0.15) is 38.2 Å². The fourth-order valence-electron chi connectivity index (χ4n) is 4.99. The lowest BCUT2D eigenvalue weighted by molar-refractivity contribution is -0.136. The predicted octanol–water partition coefficient (Wildman–Crippen LogP) is 1.87. The Morgan fingerprint density at radius 1 is 1.19 bits per heavy atom. The number of likely N-dealkylation sites (N-methyl/N-ethyl adjacent to an activating group) is 1. The van der Waals surface area contributed by atoms with Crippen molar-refractivity contribution in [3.8, 4) is 0 Å². The Bertz CT molecular complexity index is 851. The first-order valence-corrected chi connectivity index (χ1v) is 11.3. The third-order valence-corrected chi connectivity index (χ3v) is 7.02. The summed E-state index contributed by atoms with van der Waals surface area (Å²) in [7, 11) is 2.13. The van der Waals surface area contributed by atoms with Gasteiger partial charge < -0.3 is 15.5 Å². The Morgan fingerprint density at radius 2 is 1.97 bits per heavy atom. The van der Waals surface area contributed by atoms with Gasteiger partial charge in [-0.3, -0.25) is 19.4 Å². The van der Waals surface area contributed by atoms with Gasteiger partial charge in [0.1, 0.15) is 12.1 Å². The molecular formula is C23H33N5O3. The molecule has 2 unspecified atom stereocenters. The van der Waals surface area contributed by atoms with Crippen molar-refractivity contribution in [2.45, 2.75) is 44.7 Å². The molecule has 3 fully saturated rings. The summed E-state index contributed by atoms with van der Waals surface area (Å²) in [6.07, 6.45) is 3.53. The number of urea groups is 1. The van der Waals surface area contributed by atoms with Crippen LogP contribution in [0.4, 0.5) is 10.5 Å². The smallest absolute Gasteiger partial charge is 0.325 e. The average molecular weight is 428 g/mol. The minimum atomic E-state index is -0.835. The maximum atomic E-state index is 13.0. The molecule has 1 aromatic carbocycles. The van der Waals surface area contributed by atoms with E-state index in [2.05, 4.69) is 33.5 Å². The molecule has 2 atom stereocenters. The summed E-state index contributed by atoms with van der Waals surface area (Å²) >= 11 is 0. The Balaban J connectivity index is 1.35. The van der Waals surface area contributed by atoms with Crippen LogP contribution < -0.4 is 10.6 Å². The van der Waals surface area contributed by atoms with E-state index in [0.717, 1.165) is 62.4 Å². The van der Waals surface area contributed by atoms with Gasteiger partial charge in [-0.1, -0.05) is 31.9 Å². The summed E-state index contributed by atoms with van der Waals surface area (Å²) in [4.78, 5) is 44.0. The summed E-state index contributed by atoms with van der Waals surface area (Å²) in [6.45, 7) is 6.75. The molecule has 2 saturated heterocycles. The number of nitrogens with zero attached hydrogens (tertiary/aromatic N) is 3. The van der Waals surface area contributed by atoms with Crippen molar-refractivity contribution in [3.05, 3.63) is 29.8 Å². The quantitative estimate of drug-likeness (QED) is 0.701. The number of nitrogens with one attached hydrogen (secondary N) is 2. The molecule has 1 spiro atoms. The number of amides is 4. The maximum Gasteiger partial charge on any atom is 0.325 e. The fraction of sp³-hybridized carbons (Fsp3) is 0.609. The Morgan fingerprint density at radius 3 is 2.71 bits per heavy atom. The fourth-order valence-corrected chi connectivity index (χ4v) is 4.99. The summed E-state index contributed by atoms with van der Waals surface area (Å²) in [5.74, 6) is -0.540. The molecule has 4 rings (SSSR count). The number of benzene rings is 1. The molecule has 1 saturated carbocycles. The maximum absolute atomic E-state index is 13.0. The van der Waals surface area contributed by atoms with E-state index in [9.17, 15) is 14.4 Å². The predicted molar refractivity (Wildman–Crippen MR) is 118 cm³/mol. The highest BCUT2D eigenvalue weighted by molar-refractivity contribution is 6.10. The summed E-state index contributed by atoms with van der Waals surface area (Å²) in [6, 6.07) is 7.32. The number of piperazine rings is 1. The second-order valence-corrected chi connectivity index (χ2v) is 9.27. The molecule has 1 aromatic rings. The van der Waals surface area contributed by atoms with Gasteiger partial charge in [-0.05, 0) is 43.5 Å². The zero-order valence-corrected chi connectivity index (χ0v) is 18.5. The first-order chi connectivity index (χ1) is 14.9. The highest BCUT2D eigenvalue weighted by Gasteiger charge is 2.55. The minimum Gasteiger partial charge on any atom is -0.325 e. The van der Waals surface area contributed by atoms with Crippen LogP contribution in [0.3, 0.4) is 0 Å². The normalized spacial score (nSPS) is 27.5. The number of carbonyl (C=O) groups excluding carboxylic acids is 3. The van der Waals surface area contributed by atoms with Crippen molar-refractivity contribution in [3.63, 3.8) is 0 Å². The van der Waals surface area contributed by atoms with E-state index < -0.39 is 11.6 Å². The van der Waals surface area contributed by atoms with Gasteiger partial charge in [0.2, 0.25) is 5.91 Å². The van der Waals surface area contributed by atoms with Gasteiger partial charge in [-0.15, -0.1) is 0 Å². The average Bonchev–Trinajstić information content (AvgIpc) is 2.97. The Labute approximate surface area is 183 Å². The number of rotatable bonds is 5. The molecular weight excluding hydrogens is 394 g/mol. The Hall–Kier alpha value is -2.45. The van der Waals surface area contributed by atoms with Crippen molar-refractivity contribution < 1.29 is 14.4 Å². The van der Waals surface area contributed by atoms with Gasteiger partial charge >= 0.3 is 6.03 Å². The number of hydrogen-bond acceptors (Lipinski definition) is 5. The topological polar surface area (TPSA) is 85.0 Å². The van der Waals surface area contributed by atoms with Gasteiger partial charge in [-0.2, -0.15) is 0 Å². The van der Waals surface area contributed by atoms with Crippen LogP contribution in [0.15, 0.2) is 24.3 Å². The zero-order chi connectivity index (χ0) is 22.0. The summed E-state index contributed by atoms with van der Waals surface area (Å²) in [5.41, 5.74) is 0.981. The monoisotopic (exact) mass is 427 g/mol. The van der Waals surface area contributed by atoms with Gasteiger partial charge in [0.05, 0.1) is 0 Å². The van der Waals surface area contributed by atoms with Crippen LogP contribution in [-0.2, 0) is 16.1 Å². The molecule has 2 heterocycles. The van der Waals surface area contributed by atoms with E-state index in [1.165, 1.54) is 0 Å². The van der Waals surface area contributed by atoms with Crippen molar-refractivity contribution >= 4 is 23.5 Å². The van der Waals surface area contributed by atoms with E-state index in [-0.39, 0.29) is 24.3 Å². The zero-order valence-electron chi connectivity index (χ0n) is 18.5. The highest BCUT2D eigenvalue weighted by atomic mass is 16.2. The molecule has 4 amide bonds. The standard InChI is InChI=1S/C23H33N5O3/c1-17-6-3-4-9-23(17)21(30)28(22(31)25-23)16-20(29)24-19-8-5-7-18(14-19)15-27-12-10-26(2)11-13-27/h5,7-8,14,17H,3-4,6,9-13,15-16H2,1-2H3,(H,24,29)(H,25,31). The van der Waals surface area contributed by atoms with Crippen molar-refractivity contribution in [2.75, 3.05) is 45.1 Å².